The quantitative estimate of drug-likeness (QED) is 0.804. The van der Waals surface area contributed by atoms with Gasteiger partial charge >= 0.3 is 0 Å². The Morgan fingerprint density at radius 2 is 2.15 bits per heavy atom. The topological polar surface area (TPSA) is 45.3 Å². The first-order chi connectivity index (χ1) is 9.70. The second kappa shape index (κ2) is 4.99. The number of carbonyl (C=O) groups is 1. The number of hydrogen-bond donors (Lipinski definition) is 1. The predicted octanol–water partition coefficient (Wildman–Crippen LogP) is 1.76. The molecule has 2 aromatic rings. The van der Waals surface area contributed by atoms with Crippen LogP contribution in [0.1, 0.15) is 16.1 Å². The molecule has 0 bridgehead atoms. The molecule has 0 aliphatic carbocycles. The zero-order valence-corrected chi connectivity index (χ0v) is 10.8. The van der Waals surface area contributed by atoms with E-state index in [-0.39, 0.29) is 11.7 Å². The summed E-state index contributed by atoms with van der Waals surface area (Å²) in [6.07, 6.45) is 5.49. The van der Waals surface area contributed by atoms with Crippen LogP contribution in [-0.2, 0) is 4.74 Å². The predicted molar refractivity (Wildman–Crippen MR) is 72.9 cm³/mol. The van der Waals surface area contributed by atoms with Crippen molar-refractivity contribution in [2.24, 2.45) is 0 Å². The molecule has 20 heavy (non-hydrogen) atoms. The number of aromatic amines is 1. The molecule has 1 amide bonds. The number of nitrogens with zero attached hydrogens (tertiary/aromatic N) is 1. The molecule has 0 radical (unpaired) electrons. The molecule has 4 nitrogen and oxygen atoms in total. The van der Waals surface area contributed by atoms with Crippen LogP contribution in [0.4, 0.5) is 4.39 Å². The number of nitrogens with one attached hydrogen (secondary N) is 1. The summed E-state index contributed by atoms with van der Waals surface area (Å²) in [4.78, 5) is 17.2. The molecule has 0 unspecified atom stereocenters. The van der Waals surface area contributed by atoms with E-state index in [2.05, 4.69) is 10.9 Å². The van der Waals surface area contributed by atoms with Gasteiger partial charge < -0.3 is 14.6 Å². The van der Waals surface area contributed by atoms with Crippen LogP contribution in [0, 0.1) is 18.2 Å². The Labute approximate surface area is 115 Å². The smallest absolute Gasteiger partial charge is 0.271 e. The van der Waals surface area contributed by atoms with Gasteiger partial charge in [0, 0.05) is 24.0 Å². The summed E-state index contributed by atoms with van der Waals surface area (Å²) in [6, 6.07) is 4.26. The average molecular weight is 272 g/mol. The summed E-state index contributed by atoms with van der Waals surface area (Å²) in [5.74, 6) is 1.94. The summed E-state index contributed by atoms with van der Waals surface area (Å²) in [6.45, 7) is 2.11. The molecule has 0 saturated carbocycles. The Balaban J connectivity index is 2.06. The van der Waals surface area contributed by atoms with Crippen molar-refractivity contribution < 1.29 is 13.9 Å². The summed E-state index contributed by atoms with van der Waals surface area (Å²) in [5, 5.41) is 0.559. The lowest BCUT2D eigenvalue weighted by molar-refractivity contribution is 0.0299. The molecule has 1 N–H and O–H groups in total. The van der Waals surface area contributed by atoms with E-state index in [1.165, 1.54) is 12.1 Å². The van der Waals surface area contributed by atoms with Gasteiger partial charge in [-0.3, -0.25) is 4.79 Å². The van der Waals surface area contributed by atoms with Crippen molar-refractivity contribution in [1.29, 1.82) is 0 Å². The number of carbonyl (C=O) groups excluding carboxylic acids is 1. The van der Waals surface area contributed by atoms with Crippen molar-refractivity contribution in [2.75, 3.05) is 26.3 Å². The van der Waals surface area contributed by atoms with Crippen LogP contribution in [0.5, 0.6) is 0 Å². The fourth-order valence-corrected chi connectivity index (χ4v) is 2.40. The highest BCUT2D eigenvalue weighted by molar-refractivity contribution is 6.02. The molecule has 1 aliphatic rings. The summed E-state index contributed by atoms with van der Waals surface area (Å²) in [5.41, 5.74) is 1.42. The van der Waals surface area contributed by atoms with E-state index >= 15 is 0 Å². The number of morpholine rings is 1. The third kappa shape index (κ3) is 2.04. The van der Waals surface area contributed by atoms with E-state index in [0.717, 1.165) is 0 Å². The first-order valence-corrected chi connectivity index (χ1v) is 6.35. The third-order valence-electron chi connectivity index (χ3n) is 3.42. The van der Waals surface area contributed by atoms with Gasteiger partial charge in [0.1, 0.15) is 11.5 Å². The average Bonchev–Trinajstić information content (AvgIpc) is 2.85. The standard InChI is InChI=1S/C15H13FN2O2/c1-2-11-12-9-10(16)3-4-13(12)17-14(11)15(19)18-5-7-20-8-6-18/h1,3-4,9,17H,5-8H2. The minimum absolute atomic E-state index is 0.169. The van der Waals surface area contributed by atoms with Crippen LogP contribution in [-0.4, -0.2) is 42.1 Å². The number of benzene rings is 1. The first kappa shape index (κ1) is 12.7. The minimum Gasteiger partial charge on any atom is -0.378 e. The van der Waals surface area contributed by atoms with Gasteiger partial charge in [-0.2, -0.15) is 0 Å². The highest BCUT2D eigenvalue weighted by atomic mass is 19.1. The van der Waals surface area contributed by atoms with E-state index in [1.807, 2.05) is 0 Å². The largest absolute Gasteiger partial charge is 0.378 e. The Morgan fingerprint density at radius 1 is 1.40 bits per heavy atom. The van der Waals surface area contributed by atoms with Crippen LogP contribution in [0.3, 0.4) is 0 Å². The van der Waals surface area contributed by atoms with Gasteiger partial charge in [0.2, 0.25) is 0 Å². The number of halogens is 1. The number of H-pyrrole nitrogens is 1. The summed E-state index contributed by atoms with van der Waals surface area (Å²) >= 11 is 0. The van der Waals surface area contributed by atoms with Gasteiger partial charge in [-0.15, -0.1) is 6.42 Å². The molecule has 1 aromatic heterocycles. The van der Waals surface area contributed by atoms with Crippen molar-refractivity contribution in [2.45, 2.75) is 0 Å². The van der Waals surface area contributed by atoms with E-state index in [4.69, 9.17) is 11.2 Å². The van der Waals surface area contributed by atoms with Crippen LogP contribution in [0.2, 0.25) is 0 Å². The van der Waals surface area contributed by atoms with E-state index in [1.54, 1.807) is 11.0 Å². The van der Waals surface area contributed by atoms with Gasteiger partial charge in [0.05, 0.1) is 18.8 Å². The van der Waals surface area contributed by atoms with E-state index < -0.39 is 0 Å². The maximum Gasteiger partial charge on any atom is 0.271 e. The molecule has 2 heterocycles. The van der Waals surface area contributed by atoms with Crippen LogP contribution < -0.4 is 0 Å². The fourth-order valence-electron chi connectivity index (χ4n) is 2.40. The monoisotopic (exact) mass is 272 g/mol. The van der Waals surface area contributed by atoms with Crippen LogP contribution in [0.15, 0.2) is 18.2 Å². The zero-order chi connectivity index (χ0) is 14.1. The second-order valence-electron chi connectivity index (χ2n) is 4.61. The molecule has 102 valence electrons. The van der Waals surface area contributed by atoms with Crippen molar-refractivity contribution in [3.8, 4) is 12.3 Å². The van der Waals surface area contributed by atoms with E-state index in [0.29, 0.717) is 48.5 Å². The molecule has 1 aromatic carbocycles. The lowest BCUT2D eigenvalue weighted by atomic mass is 10.1. The Kier molecular flexibility index (Phi) is 3.17. The molecule has 1 fully saturated rings. The number of fused-ring (bicyclic) bond motifs is 1. The van der Waals surface area contributed by atoms with Gasteiger partial charge in [0.15, 0.2) is 0 Å². The normalized spacial score (nSPS) is 15.3. The molecule has 3 rings (SSSR count). The first-order valence-electron chi connectivity index (χ1n) is 6.35. The SMILES string of the molecule is C#Cc1c(C(=O)N2CCOCC2)[nH]c2ccc(F)cc12. The molecular formula is C15H13FN2O2. The number of ether oxygens (including phenoxy) is 1. The number of aromatic nitrogens is 1. The number of terminal acetylenes is 1. The molecule has 5 heteroatoms. The maximum atomic E-state index is 13.3. The van der Waals surface area contributed by atoms with Gasteiger partial charge in [0.25, 0.3) is 5.91 Å². The molecule has 1 aliphatic heterocycles. The van der Waals surface area contributed by atoms with Crippen LogP contribution in [0.25, 0.3) is 10.9 Å². The lowest BCUT2D eigenvalue weighted by Crippen LogP contribution is -2.41. The number of amides is 1. The van der Waals surface area contributed by atoms with Crippen molar-refractivity contribution in [3.05, 3.63) is 35.3 Å². The summed E-state index contributed by atoms with van der Waals surface area (Å²) in [7, 11) is 0. The highest BCUT2D eigenvalue weighted by Crippen LogP contribution is 2.24. The Bertz CT molecular complexity index is 708. The van der Waals surface area contributed by atoms with Gasteiger partial charge in [-0.05, 0) is 18.2 Å². The second-order valence-corrected chi connectivity index (χ2v) is 4.61. The number of rotatable bonds is 1. The Hall–Kier alpha value is -2.32. The molecule has 1 saturated heterocycles. The third-order valence-corrected chi connectivity index (χ3v) is 3.42. The lowest BCUT2D eigenvalue weighted by Gasteiger charge is -2.26. The number of hydrogen-bond acceptors (Lipinski definition) is 2. The maximum absolute atomic E-state index is 13.3. The van der Waals surface area contributed by atoms with Gasteiger partial charge in [-0.25, -0.2) is 4.39 Å². The minimum atomic E-state index is -0.377. The fraction of sp³-hybridized carbons (Fsp3) is 0.267. The molecule has 0 atom stereocenters. The molecule has 0 spiro atoms. The highest BCUT2D eigenvalue weighted by Gasteiger charge is 2.23. The van der Waals surface area contributed by atoms with Crippen molar-refractivity contribution >= 4 is 16.8 Å². The molecular weight excluding hydrogens is 259 g/mol. The Morgan fingerprint density at radius 3 is 2.85 bits per heavy atom. The van der Waals surface area contributed by atoms with E-state index in [9.17, 15) is 9.18 Å². The van der Waals surface area contributed by atoms with Crippen molar-refractivity contribution in [1.82, 2.24) is 9.88 Å². The van der Waals surface area contributed by atoms with Crippen molar-refractivity contribution in [3.63, 3.8) is 0 Å². The summed E-state index contributed by atoms with van der Waals surface area (Å²) < 4.78 is 18.5. The van der Waals surface area contributed by atoms with Crippen LogP contribution >= 0.6 is 0 Å². The van der Waals surface area contributed by atoms with Gasteiger partial charge in [-0.1, -0.05) is 5.92 Å². The zero-order valence-electron chi connectivity index (χ0n) is 10.8.